The molecule has 4 aliphatic rings. The van der Waals surface area contributed by atoms with Crippen molar-refractivity contribution in [3.05, 3.63) is 0 Å². The summed E-state index contributed by atoms with van der Waals surface area (Å²) in [6.07, 6.45) is -7.71. The van der Waals surface area contributed by atoms with Crippen LogP contribution in [0.5, 0.6) is 0 Å². The predicted molar refractivity (Wildman–Crippen MR) is 292 cm³/mol. The number of ether oxygens (including phenoxy) is 4. The van der Waals surface area contributed by atoms with Crippen molar-refractivity contribution in [2.75, 3.05) is 65.8 Å². The molecule has 486 valence electrons. The molecule has 0 saturated carbocycles. The Morgan fingerprint density at radius 1 is 0.571 bits per heavy atom. The van der Waals surface area contributed by atoms with Crippen LogP contribution < -0.4 is 21.3 Å². The molecule has 4 rings (SSSR count). The Hall–Kier alpha value is -3.40. The molecule has 4 fully saturated rings. The number of unbranched alkanes of at least 4 members (excludes halogenated alkanes) is 6. The SMILES string of the molecule is CC(=O)NC1C(OCCCCC(=O)NCCCCCC(=O)N2C[C@H](O)C[C@H]2COP(=O)(O)O[C@@H]2C[C@@H](COP(=O)(O)OC(C)C)N(C(=O)CCCCCNC(=O)CCCCOC3OC(CO)C(O)C(O)C3NC(C)=O)C2)OC(CO)C(O)C1O. The molecule has 13 N–H and O–H groups in total. The zero-order valence-electron chi connectivity index (χ0n) is 48.4. The van der Waals surface area contributed by atoms with Crippen molar-refractivity contribution in [1.29, 1.82) is 0 Å². The zero-order valence-corrected chi connectivity index (χ0v) is 50.2. The Labute approximate surface area is 489 Å². The van der Waals surface area contributed by atoms with E-state index in [0.29, 0.717) is 77.3 Å². The van der Waals surface area contributed by atoms with Crippen molar-refractivity contribution >= 4 is 51.1 Å². The largest absolute Gasteiger partial charge is 0.472 e. The lowest BCUT2D eigenvalue weighted by Gasteiger charge is -2.42. The summed E-state index contributed by atoms with van der Waals surface area (Å²) in [6.45, 7) is 4.09. The number of nitrogens with zero attached hydrogens (tertiary/aromatic N) is 2. The van der Waals surface area contributed by atoms with Crippen LogP contribution in [0.2, 0.25) is 0 Å². The highest BCUT2D eigenvalue weighted by molar-refractivity contribution is 7.47. The average molecular weight is 1250 g/mol. The Morgan fingerprint density at radius 2 is 1.00 bits per heavy atom. The number of nitrogens with one attached hydrogen (secondary N) is 4. The summed E-state index contributed by atoms with van der Waals surface area (Å²) in [4.78, 5) is 98.9. The van der Waals surface area contributed by atoms with Gasteiger partial charge in [-0.1, -0.05) is 12.8 Å². The van der Waals surface area contributed by atoms with Crippen molar-refractivity contribution in [1.82, 2.24) is 31.1 Å². The fourth-order valence-corrected chi connectivity index (χ4v) is 12.0. The first kappa shape index (κ1) is 73.1. The minimum Gasteiger partial charge on any atom is -0.394 e. The van der Waals surface area contributed by atoms with Crippen molar-refractivity contribution < 1.29 is 120 Å². The first-order valence-corrected chi connectivity index (χ1v) is 31.9. The molecule has 16 atom stereocenters. The van der Waals surface area contributed by atoms with Gasteiger partial charge in [-0.05, 0) is 78.1 Å². The third-order valence-corrected chi connectivity index (χ3v) is 16.5. The van der Waals surface area contributed by atoms with E-state index in [9.17, 15) is 83.4 Å². The zero-order chi connectivity index (χ0) is 62.1. The summed E-state index contributed by atoms with van der Waals surface area (Å²) in [7, 11) is -9.41. The number of phosphoric acid groups is 2. The van der Waals surface area contributed by atoms with Crippen molar-refractivity contribution in [3.63, 3.8) is 0 Å². The summed E-state index contributed by atoms with van der Waals surface area (Å²) in [5.74, 6) is -2.09. The number of β-amino-alcohol motifs (C(OH)–C–C–N with tert-alkyl or cyclic N) is 1. The van der Waals surface area contributed by atoms with E-state index in [1.807, 2.05) is 0 Å². The summed E-state index contributed by atoms with van der Waals surface area (Å²) in [6, 6.07) is -3.78. The van der Waals surface area contributed by atoms with Gasteiger partial charge in [0.2, 0.25) is 35.4 Å². The number of carbonyl (C=O) groups excluding carboxylic acids is 6. The smallest absolute Gasteiger partial charge is 0.394 e. The normalized spacial score (nSPS) is 29.5. The first-order valence-electron chi connectivity index (χ1n) is 28.9. The molecule has 4 aliphatic heterocycles. The maximum atomic E-state index is 13.6. The number of aliphatic hydroxyl groups is 7. The first-order chi connectivity index (χ1) is 39.7. The number of phosphoric ester groups is 2. The van der Waals surface area contributed by atoms with Gasteiger partial charge in [0.05, 0.1) is 56.8 Å². The van der Waals surface area contributed by atoms with Crippen molar-refractivity contribution in [2.45, 2.75) is 222 Å². The molecule has 33 heteroatoms. The summed E-state index contributed by atoms with van der Waals surface area (Å²) in [5.41, 5.74) is 0. The summed E-state index contributed by atoms with van der Waals surface area (Å²) in [5, 5.41) is 81.2. The van der Waals surface area contributed by atoms with E-state index >= 15 is 0 Å². The lowest BCUT2D eigenvalue weighted by Crippen LogP contribution is -2.64. The molecule has 31 nitrogen and oxygen atoms in total. The third kappa shape index (κ3) is 25.4. The van der Waals surface area contributed by atoms with Gasteiger partial charge >= 0.3 is 15.6 Å². The number of carbonyl (C=O) groups is 6. The number of likely N-dealkylation sites (tertiary alicyclic amines) is 2. The molecule has 0 spiro atoms. The topological polar surface area (TPSA) is 447 Å². The third-order valence-electron chi connectivity index (χ3n) is 14.3. The van der Waals surface area contributed by atoms with Gasteiger partial charge < -0.3 is 95.5 Å². The van der Waals surface area contributed by atoms with Gasteiger partial charge in [0, 0.05) is 78.9 Å². The van der Waals surface area contributed by atoms with Crippen molar-refractivity contribution in [3.8, 4) is 0 Å². The summed E-state index contributed by atoms with van der Waals surface area (Å²) < 4.78 is 69.4. The summed E-state index contributed by atoms with van der Waals surface area (Å²) >= 11 is 0. The Kier molecular flexibility index (Phi) is 32.0. The maximum absolute atomic E-state index is 13.6. The molecule has 0 aromatic rings. The molecule has 84 heavy (non-hydrogen) atoms. The van der Waals surface area contributed by atoms with Gasteiger partial charge in [0.15, 0.2) is 12.6 Å². The monoisotopic (exact) mass is 1250 g/mol. The van der Waals surface area contributed by atoms with Gasteiger partial charge in [-0.3, -0.25) is 46.9 Å². The van der Waals surface area contributed by atoms with E-state index in [-0.39, 0.29) is 82.5 Å². The second-order valence-corrected chi connectivity index (χ2v) is 24.6. The van der Waals surface area contributed by atoms with E-state index < -0.39 is 151 Å². The van der Waals surface area contributed by atoms with Crippen LogP contribution in [0.25, 0.3) is 0 Å². The quantitative estimate of drug-likeness (QED) is 0.0240. The second kappa shape index (κ2) is 36.8. The van der Waals surface area contributed by atoms with E-state index in [1.165, 1.54) is 37.5 Å². The minimum atomic E-state index is -4.86. The molecule has 0 bridgehead atoms. The number of hydrogen-bond donors (Lipinski definition) is 13. The minimum absolute atomic E-state index is 0.0219. The molecular weight excluding hydrogens is 1160 g/mol. The lowest BCUT2D eigenvalue weighted by atomic mass is 9.97. The lowest BCUT2D eigenvalue weighted by molar-refractivity contribution is -0.270. The number of hydrogen-bond acceptors (Lipinski definition) is 23. The molecule has 12 unspecified atom stereocenters. The van der Waals surface area contributed by atoms with E-state index in [0.717, 1.165) is 0 Å². The van der Waals surface area contributed by atoms with Crippen LogP contribution in [0.1, 0.15) is 130 Å². The molecule has 4 heterocycles. The average Bonchev–Trinajstić information content (AvgIpc) is 3.57. The predicted octanol–water partition coefficient (Wildman–Crippen LogP) is -1.79. The van der Waals surface area contributed by atoms with Crippen LogP contribution >= 0.6 is 15.6 Å². The standard InChI is InChI=1S/C51H92N6O25P2/c1-31(2)81-83(71,72)77-30-35-24-37(26-57(35)43(66)18-8-6-12-20-53-41(64)16-10-14-22-76-51-45(55-33(4)61)49(70)47(68)39(28-59)80-51)82-84(73,74)78-29-34-23-36(62)25-56(34)42(65)17-7-5-11-19-52-40(63)15-9-13-21-75-50-44(54-32(3)60)48(69)46(67)38(27-58)79-50/h31,34-39,44-51,58-59,62,67-70H,5-30H2,1-4H3,(H,52,63)(H,53,64)(H,54,60)(H,55,61)(H,71,72)(H,73,74)/t34-,35-,36+,37+,38?,39?,44?,45?,46?,47?,48?,49?,50?,51?/m0/s1. The molecule has 0 aromatic carbocycles. The molecule has 0 radical (unpaired) electrons. The van der Waals surface area contributed by atoms with Crippen LogP contribution in [0.15, 0.2) is 0 Å². The van der Waals surface area contributed by atoms with Crippen LogP contribution in [-0.4, -0.2) is 248 Å². The Balaban J connectivity index is 1.13. The molecule has 0 aliphatic carbocycles. The molecule has 4 saturated heterocycles. The highest BCUT2D eigenvalue weighted by Crippen LogP contribution is 2.49. The van der Waals surface area contributed by atoms with E-state index in [2.05, 4.69) is 21.3 Å². The molecule has 6 amide bonds. The van der Waals surface area contributed by atoms with Gasteiger partial charge in [-0.15, -0.1) is 0 Å². The molecular formula is C51H92N6O25P2. The van der Waals surface area contributed by atoms with Gasteiger partial charge in [-0.25, -0.2) is 9.13 Å². The van der Waals surface area contributed by atoms with Crippen LogP contribution in [0, 0.1) is 0 Å². The number of rotatable bonds is 38. The Bertz CT molecular complexity index is 2160. The highest BCUT2D eigenvalue weighted by Gasteiger charge is 2.47. The fourth-order valence-electron chi connectivity index (χ4n) is 10.1. The highest BCUT2D eigenvalue weighted by atomic mass is 31.2. The van der Waals surface area contributed by atoms with Crippen LogP contribution in [0.3, 0.4) is 0 Å². The van der Waals surface area contributed by atoms with Crippen molar-refractivity contribution in [2.24, 2.45) is 0 Å². The Morgan fingerprint density at radius 3 is 1.44 bits per heavy atom. The maximum Gasteiger partial charge on any atom is 0.472 e. The van der Waals surface area contributed by atoms with Gasteiger partial charge in [0.1, 0.15) is 48.7 Å². The number of aliphatic hydroxyl groups excluding tert-OH is 7. The van der Waals surface area contributed by atoms with E-state index in [1.54, 1.807) is 0 Å². The van der Waals surface area contributed by atoms with Crippen LogP contribution in [0.4, 0.5) is 0 Å². The number of amides is 6. The van der Waals surface area contributed by atoms with Gasteiger partial charge in [0.25, 0.3) is 0 Å². The fraction of sp³-hybridized carbons (Fsp3) is 0.882. The van der Waals surface area contributed by atoms with Crippen LogP contribution in [-0.2, 0) is 74.9 Å². The second-order valence-electron chi connectivity index (χ2n) is 21.8. The molecule has 0 aromatic heterocycles. The van der Waals surface area contributed by atoms with E-state index in [4.69, 9.17) is 37.0 Å². The van der Waals surface area contributed by atoms with Gasteiger partial charge in [-0.2, -0.15) is 0 Å².